The molecular weight excluding hydrogens is 397 g/mol. The number of nitrogens with zero attached hydrogens (tertiary/aromatic N) is 2. The fraction of sp³-hybridized carbons (Fsp3) is 0.333. The molecule has 0 saturated heterocycles. The molecule has 1 amide bonds. The quantitative estimate of drug-likeness (QED) is 0.612. The number of ether oxygens (including phenoxy) is 2. The molecule has 162 valence electrons. The van der Waals surface area contributed by atoms with Crippen LogP contribution in [0.1, 0.15) is 32.9 Å². The first-order valence-electron chi connectivity index (χ1n) is 10.2. The molecule has 1 aliphatic heterocycles. The van der Waals surface area contributed by atoms with E-state index in [1.807, 2.05) is 32.9 Å². The summed E-state index contributed by atoms with van der Waals surface area (Å²) in [5, 5.41) is 0.929. The zero-order valence-electron chi connectivity index (χ0n) is 18.2. The van der Waals surface area contributed by atoms with Crippen LogP contribution in [0.15, 0.2) is 42.6 Å². The number of benzene rings is 1. The summed E-state index contributed by atoms with van der Waals surface area (Å²) in [6, 6.07) is 8.47. The lowest BCUT2D eigenvalue weighted by molar-refractivity contribution is 0.0270. The minimum Gasteiger partial charge on any atom is -0.496 e. The molecular formula is C24H26FN3O3. The summed E-state index contributed by atoms with van der Waals surface area (Å²) in [4.78, 5) is 21.8. The number of carbonyl (C=O) groups is 1. The van der Waals surface area contributed by atoms with Crippen LogP contribution in [0.4, 0.5) is 9.18 Å². The Morgan fingerprint density at radius 1 is 1.19 bits per heavy atom. The van der Waals surface area contributed by atoms with E-state index in [4.69, 9.17) is 9.47 Å². The largest absolute Gasteiger partial charge is 0.496 e. The number of halogens is 1. The molecule has 0 bridgehead atoms. The average molecular weight is 423 g/mol. The molecule has 0 atom stereocenters. The highest BCUT2D eigenvalue weighted by atomic mass is 19.1. The van der Waals surface area contributed by atoms with Crippen LogP contribution in [-0.4, -0.2) is 46.8 Å². The van der Waals surface area contributed by atoms with Crippen molar-refractivity contribution in [2.24, 2.45) is 0 Å². The number of pyridine rings is 1. The van der Waals surface area contributed by atoms with Crippen LogP contribution < -0.4 is 4.74 Å². The van der Waals surface area contributed by atoms with Gasteiger partial charge in [0.2, 0.25) is 0 Å². The molecule has 7 heteroatoms. The second-order valence-corrected chi connectivity index (χ2v) is 8.55. The van der Waals surface area contributed by atoms with Crippen LogP contribution in [0.3, 0.4) is 0 Å². The Morgan fingerprint density at radius 2 is 2.00 bits per heavy atom. The monoisotopic (exact) mass is 423 g/mol. The normalized spacial score (nSPS) is 14.5. The van der Waals surface area contributed by atoms with E-state index in [1.54, 1.807) is 17.2 Å². The van der Waals surface area contributed by atoms with Crippen molar-refractivity contribution < 1.29 is 18.7 Å². The van der Waals surface area contributed by atoms with Gasteiger partial charge in [-0.15, -0.1) is 0 Å². The predicted octanol–water partition coefficient (Wildman–Crippen LogP) is 5.40. The van der Waals surface area contributed by atoms with Crippen molar-refractivity contribution in [2.75, 3.05) is 20.2 Å². The van der Waals surface area contributed by atoms with Gasteiger partial charge in [0.15, 0.2) is 0 Å². The Morgan fingerprint density at radius 3 is 2.68 bits per heavy atom. The van der Waals surface area contributed by atoms with Gasteiger partial charge < -0.3 is 19.4 Å². The van der Waals surface area contributed by atoms with Crippen molar-refractivity contribution in [1.82, 2.24) is 14.9 Å². The SMILES string of the molecule is COc1cc(F)ccc1-c1ccnc2[nH]c(C3=CCN(C(=O)OC(C)(C)C)CC3)cc12. The number of hydrogen-bond acceptors (Lipinski definition) is 4. The molecule has 6 nitrogen and oxygen atoms in total. The van der Waals surface area contributed by atoms with Crippen molar-refractivity contribution >= 4 is 22.7 Å². The van der Waals surface area contributed by atoms with Crippen LogP contribution in [0.2, 0.25) is 0 Å². The highest BCUT2D eigenvalue weighted by Gasteiger charge is 2.24. The summed E-state index contributed by atoms with van der Waals surface area (Å²) in [6.07, 6.45) is 4.17. The third-order valence-electron chi connectivity index (χ3n) is 5.19. The molecule has 4 rings (SSSR count). The lowest BCUT2D eigenvalue weighted by Gasteiger charge is -2.29. The number of fused-ring (bicyclic) bond motifs is 1. The Kier molecular flexibility index (Phi) is 5.43. The average Bonchev–Trinajstić information content (AvgIpc) is 3.17. The Labute approximate surface area is 180 Å². The van der Waals surface area contributed by atoms with Gasteiger partial charge in [0.1, 0.15) is 22.8 Å². The number of H-pyrrole nitrogens is 1. The van der Waals surface area contributed by atoms with Crippen molar-refractivity contribution in [3.63, 3.8) is 0 Å². The summed E-state index contributed by atoms with van der Waals surface area (Å²) in [7, 11) is 1.53. The van der Waals surface area contributed by atoms with E-state index in [2.05, 4.69) is 16.0 Å². The summed E-state index contributed by atoms with van der Waals surface area (Å²) in [5.74, 6) is 0.127. The van der Waals surface area contributed by atoms with E-state index in [9.17, 15) is 9.18 Å². The molecule has 1 aliphatic rings. The summed E-state index contributed by atoms with van der Waals surface area (Å²) in [5.41, 5.74) is 4.03. The second kappa shape index (κ2) is 8.06. The molecule has 3 heterocycles. The van der Waals surface area contributed by atoms with Crippen LogP contribution in [0, 0.1) is 5.82 Å². The maximum Gasteiger partial charge on any atom is 0.410 e. The van der Waals surface area contributed by atoms with Crippen molar-refractivity contribution in [2.45, 2.75) is 32.8 Å². The van der Waals surface area contributed by atoms with E-state index in [0.717, 1.165) is 33.4 Å². The maximum atomic E-state index is 13.6. The van der Waals surface area contributed by atoms with Crippen molar-refractivity contribution in [3.05, 3.63) is 54.1 Å². The summed E-state index contributed by atoms with van der Waals surface area (Å²) < 4.78 is 24.5. The third kappa shape index (κ3) is 4.40. The fourth-order valence-corrected chi connectivity index (χ4v) is 3.73. The van der Waals surface area contributed by atoms with Gasteiger partial charge in [0.05, 0.1) is 7.11 Å². The first-order chi connectivity index (χ1) is 14.7. The third-order valence-corrected chi connectivity index (χ3v) is 5.19. The lowest BCUT2D eigenvalue weighted by Crippen LogP contribution is -2.39. The first-order valence-corrected chi connectivity index (χ1v) is 10.2. The van der Waals surface area contributed by atoms with Crippen LogP contribution >= 0.6 is 0 Å². The highest BCUT2D eigenvalue weighted by Crippen LogP contribution is 2.36. The number of methoxy groups -OCH3 is 1. The van der Waals surface area contributed by atoms with E-state index in [0.29, 0.717) is 25.3 Å². The molecule has 0 unspecified atom stereocenters. The maximum absolute atomic E-state index is 13.6. The van der Waals surface area contributed by atoms with Gasteiger partial charge >= 0.3 is 6.09 Å². The lowest BCUT2D eigenvalue weighted by atomic mass is 10.0. The minimum atomic E-state index is -0.512. The topological polar surface area (TPSA) is 67.5 Å². The minimum absolute atomic E-state index is 0.299. The number of amides is 1. The number of hydrogen-bond donors (Lipinski definition) is 1. The fourth-order valence-electron chi connectivity index (χ4n) is 3.73. The van der Waals surface area contributed by atoms with Gasteiger partial charge in [-0.3, -0.25) is 0 Å². The molecule has 3 aromatic rings. The number of aromatic nitrogens is 2. The molecule has 0 saturated carbocycles. The molecule has 31 heavy (non-hydrogen) atoms. The number of aromatic amines is 1. The van der Waals surface area contributed by atoms with Gasteiger partial charge in [-0.1, -0.05) is 6.08 Å². The smallest absolute Gasteiger partial charge is 0.410 e. The van der Waals surface area contributed by atoms with Crippen molar-refractivity contribution in [1.29, 1.82) is 0 Å². The zero-order valence-corrected chi connectivity index (χ0v) is 18.2. The number of carbonyl (C=O) groups excluding carboxylic acids is 1. The molecule has 2 aromatic heterocycles. The highest BCUT2D eigenvalue weighted by molar-refractivity contribution is 5.96. The van der Waals surface area contributed by atoms with Gasteiger partial charge in [-0.05, 0) is 62.6 Å². The van der Waals surface area contributed by atoms with Gasteiger partial charge in [-0.2, -0.15) is 0 Å². The molecule has 0 aliphatic carbocycles. The summed E-state index contributed by atoms with van der Waals surface area (Å²) >= 11 is 0. The summed E-state index contributed by atoms with van der Waals surface area (Å²) in [6.45, 7) is 6.66. The van der Waals surface area contributed by atoms with Crippen LogP contribution in [0.5, 0.6) is 5.75 Å². The zero-order chi connectivity index (χ0) is 22.2. The van der Waals surface area contributed by atoms with E-state index in [1.165, 1.54) is 19.2 Å². The number of rotatable bonds is 3. The first kappa shape index (κ1) is 20.9. The molecule has 1 aromatic carbocycles. The molecule has 1 N–H and O–H groups in total. The standard InChI is InChI=1S/C24H26FN3O3/c1-24(2,3)31-23(29)28-11-8-15(9-12-28)20-14-19-17(7-10-26-22(19)27-20)18-6-5-16(25)13-21(18)30-4/h5-8,10,13-14H,9,11-12H2,1-4H3,(H,26,27). The van der Waals surface area contributed by atoms with E-state index >= 15 is 0 Å². The Bertz CT molecular complexity index is 1160. The molecule has 0 radical (unpaired) electrons. The molecule has 0 spiro atoms. The Balaban J connectivity index is 1.63. The van der Waals surface area contributed by atoms with Crippen LogP contribution in [-0.2, 0) is 4.74 Å². The Hall–Kier alpha value is -3.35. The van der Waals surface area contributed by atoms with E-state index in [-0.39, 0.29) is 11.9 Å². The van der Waals surface area contributed by atoms with Crippen LogP contribution in [0.25, 0.3) is 27.7 Å². The second-order valence-electron chi connectivity index (χ2n) is 8.55. The molecule has 0 fully saturated rings. The van der Waals surface area contributed by atoms with E-state index < -0.39 is 5.60 Å². The van der Waals surface area contributed by atoms with Gasteiger partial charge in [0.25, 0.3) is 0 Å². The van der Waals surface area contributed by atoms with Gasteiger partial charge in [0, 0.05) is 42.0 Å². The van der Waals surface area contributed by atoms with Crippen molar-refractivity contribution in [3.8, 4) is 16.9 Å². The van der Waals surface area contributed by atoms with Gasteiger partial charge in [-0.25, -0.2) is 14.2 Å². The predicted molar refractivity (Wildman–Crippen MR) is 118 cm³/mol. The number of nitrogens with one attached hydrogen (secondary N) is 1.